The summed E-state index contributed by atoms with van der Waals surface area (Å²) < 4.78 is 0. The molecule has 26 heavy (non-hydrogen) atoms. The first-order valence-electron chi connectivity index (χ1n) is 8.69. The number of rotatable bonds is 5. The summed E-state index contributed by atoms with van der Waals surface area (Å²) in [6.45, 7) is 8.38. The lowest BCUT2D eigenvalue weighted by molar-refractivity contribution is 0.119. The Hall–Kier alpha value is -0.280. The van der Waals surface area contributed by atoms with Gasteiger partial charge in [-0.3, -0.25) is 9.89 Å². The third-order valence-electron chi connectivity index (χ3n) is 4.69. The van der Waals surface area contributed by atoms with Gasteiger partial charge in [0.2, 0.25) is 0 Å². The van der Waals surface area contributed by atoms with Crippen molar-refractivity contribution in [2.75, 3.05) is 53.9 Å². The molecule has 0 aromatic heterocycles. The zero-order valence-electron chi connectivity index (χ0n) is 16.0. The standard InChI is InChI=1S/C18H29Cl2N5.HI/c1-14(25-9-7-23(3)8-10-25)12-22-18(21-2)24(4)13-15-5-6-16(19)17(20)11-15;/h5-6,11,14H,7-10,12-13H2,1-4H3,(H,21,22);1H. The summed E-state index contributed by atoms with van der Waals surface area (Å²) in [5.74, 6) is 0.882. The maximum absolute atomic E-state index is 6.10. The number of aliphatic imine (C=N–C) groups is 1. The van der Waals surface area contributed by atoms with Gasteiger partial charge >= 0.3 is 0 Å². The quantitative estimate of drug-likeness (QED) is 0.372. The molecule has 1 unspecified atom stereocenters. The molecule has 0 bridgehead atoms. The Kier molecular flexibility index (Phi) is 10.5. The number of nitrogens with zero attached hydrogens (tertiary/aromatic N) is 4. The molecule has 1 heterocycles. The van der Waals surface area contributed by atoms with E-state index in [1.807, 2.05) is 32.3 Å². The molecule has 1 aliphatic heterocycles. The SMILES string of the molecule is CN=C(NCC(C)N1CCN(C)CC1)N(C)Cc1ccc(Cl)c(Cl)c1.I. The summed E-state index contributed by atoms with van der Waals surface area (Å²) in [5.41, 5.74) is 1.10. The van der Waals surface area contributed by atoms with Crippen molar-refractivity contribution in [2.24, 2.45) is 4.99 Å². The van der Waals surface area contributed by atoms with Crippen molar-refractivity contribution in [3.63, 3.8) is 0 Å². The lowest BCUT2D eigenvalue weighted by atomic mass is 10.2. The van der Waals surface area contributed by atoms with Gasteiger partial charge in [0.15, 0.2) is 5.96 Å². The van der Waals surface area contributed by atoms with Crippen molar-refractivity contribution >= 4 is 53.1 Å². The lowest BCUT2D eigenvalue weighted by Crippen LogP contribution is -2.52. The number of guanidine groups is 1. The van der Waals surface area contributed by atoms with Gasteiger partial charge in [0.1, 0.15) is 0 Å². The molecule has 2 rings (SSSR count). The van der Waals surface area contributed by atoms with Gasteiger partial charge in [0, 0.05) is 59.4 Å². The van der Waals surface area contributed by atoms with E-state index in [1.165, 1.54) is 0 Å². The number of hydrogen-bond donors (Lipinski definition) is 1. The van der Waals surface area contributed by atoms with E-state index in [0.29, 0.717) is 16.1 Å². The van der Waals surface area contributed by atoms with Gasteiger partial charge in [-0.05, 0) is 31.7 Å². The minimum atomic E-state index is 0. The molecule has 1 saturated heterocycles. The fourth-order valence-corrected chi connectivity index (χ4v) is 3.32. The summed E-state index contributed by atoms with van der Waals surface area (Å²) in [7, 11) is 6.02. The van der Waals surface area contributed by atoms with Gasteiger partial charge in [-0.2, -0.15) is 0 Å². The Balaban J connectivity index is 0.00000338. The van der Waals surface area contributed by atoms with E-state index in [-0.39, 0.29) is 24.0 Å². The second-order valence-corrected chi connectivity index (χ2v) is 7.54. The molecule has 0 spiro atoms. The predicted molar refractivity (Wildman–Crippen MR) is 123 cm³/mol. The molecule has 1 aliphatic rings. The molecule has 1 fully saturated rings. The zero-order chi connectivity index (χ0) is 18.4. The van der Waals surface area contributed by atoms with E-state index in [2.05, 4.69) is 39.0 Å². The number of hydrogen-bond acceptors (Lipinski definition) is 3. The summed E-state index contributed by atoms with van der Waals surface area (Å²) in [6, 6.07) is 6.20. The molecule has 5 nitrogen and oxygen atoms in total. The average Bonchev–Trinajstić information content (AvgIpc) is 2.59. The zero-order valence-corrected chi connectivity index (χ0v) is 19.8. The maximum atomic E-state index is 6.10. The number of nitrogens with one attached hydrogen (secondary N) is 1. The third-order valence-corrected chi connectivity index (χ3v) is 5.43. The number of piperazine rings is 1. The van der Waals surface area contributed by atoms with Crippen molar-refractivity contribution in [2.45, 2.75) is 19.5 Å². The number of halogens is 3. The van der Waals surface area contributed by atoms with E-state index in [4.69, 9.17) is 23.2 Å². The number of benzene rings is 1. The Morgan fingerprint density at radius 1 is 1.23 bits per heavy atom. The van der Waals surface area contributed by atoms with Crippen LogP contribution in [0.25, 0.3) is 0 Å². The minimum absolute atomic E-state index is 0. The minimum Gasteiger partial charge on any atom is -0.355 e. The molecule has 0 amide bonds. The van der Waals surface area contributed by atoms with Crippen molar-refractivity contribution in [1.29, 1.82) is 0 Å². The van der Waals surface area contributed by atoms with Crippen LogP contribution in [0.1, 0.15) is 12.5 Å². The van der Waals surface area contributed by atoms with Crippen molar-refractivity contribution < 1.29 is 0 Å². The Labute approximate surface area is 184 Å². The molecular formula is C18H30Cl2IN5. The Morgan fingerprint density at radius 3 is 2.46 bits per heavy atom. The van der Waals surface area contributed by atoms with Crippen LogP contribution >= 0.6 is 47.2 Å². The largest absolute Gasteiger partial charge is 0.355 e. The van der Waals surface area contributed by atoms with Crippen LogP contribution in [0.2, 0.25) is 10.0 Å². The molecule has 1 aromatic rings. The topological polar surface area (TPSA) is 34.1 Å². The Bertz CT molecular complexity index is 591. The molecule has 1 atom stereocenters. The van der Waals surface area contributed by atoms with Crippen LogP contribution in [0.4, 0.5) is 0 Å². The lowest BCUT2D eigenvalue weighted by Gasteiger charge is -2.37. The van der Waals surface area contributed by atoms with Gasteiger partial charge in [-0.15, -0.1) is 24.0 Å². The molecular weight excluding hydrogens is 484 g/mol. The Morgan fingerprint density at radius 2 is 1.88 bits per heavy atom. The summed E-state index contributed by atoms with van der Waals surface area (Å²) in [4.78, 5) is 11.4. The predicted octanol–water partition coefficient (Wildman–Crippen LogP) is 3.25. The summed E-state index contributed by atoms with van der Waals surface area (Å²) in [6.07, 6.45) is 0. The highest BCUT2D eigenvalue weighted by Crippen LogP contribution is 2.23. The van der Waals surface area contributed by atoms with Crippen LogP contribution in [-0.2, 0) is 6.54 Å². The van der Waals surface area contributed by atoms with Crippen LogP contribution in [-0.4, -0.2) is 80.6 Å². The molecule has 1 N–H and O–H groups in total. The van der Waals surface area contributed by atoms with E-state index in [1.54, 1.807) is 0 Å². The molecule has 1 aromatic carbocycles. The fourth-order valence-electron chi connectivity index (χ4n) is 3.00. The highest BCUT2D eigenvalue weighted by atomic mass is 127. The van der Waals surface area contributed by atoms with Crippen LogP contribution in [0.5, 0.6) is 0 Å². The smallest absolute Gasteiger partial charge is 0.193 e. The number of likely N-dealkylation sites (N-methyl/N-ethyl adjacent to an activating group) is 1. The summed E-state index contributed by atoms with van der Waals surface area (Å²) >= 11 is 12.1. The molecule has 0 aliphatic carbocycles. The highest BCUT2D eigenvalue weighted by Gasteiger charge is 2.19. The molecule has 0 saturated carbocycles. The third kappa shape index (κ3) is 7.03. The average molecular weight is 514 g/mol. The first-order valence-corrected chi connectivity index (χ1v) is 9.44. The van der Waals surface area contributed by atoms with Gasteiger partial charge in [-0.1, -0.05) is 29.3 Å². The van der Waals surface area contributed by atoms with E-state index < -0.39 is 0 Å². The second-order valence-electron chi connectivity index (χ2n) is 6.72. The van der Waals surface area contributed by atoms with Crippen LogP contribution < -0.4 is 5.32 Å². The van der Waals surface area contributed by atoms with Gasteiger partial charge in [-0.25, -0.2) is 0 Å². The first kappa shape index (κ1) is 23.8. The fraction of sp³-hybridized carbons (Fsp3) is 0.611. The van der Waals surface area contributed by atoms with Gasteiger partial charge in [0.25, 0.3) is 0 Å². The summed E-state index contributed by atoms with van der Waals surface area (Å²) in [5, 5.41) is 4.65. The molecule has 8 heteroatoms. The van der Waals surface area contributed by atoms with Crippen LogP contribution in [0.15, 0.2) is 23.2 Å². The molecule has 0 radical (unpaired) electrons. The van der Waals surface area contributed by atoms with Crippen molar-refractivity contribution in [1.82, 2.24) is 20.0 Å². The first-order chi connectivity index (χ1) is 11.9. The highest BCUT2D eigenvalue weighted by molar-refractivity contribution is 14.0. The molecule has 148 valence electrons. The monoisotopic (exact) mass is 513 g/mol. The van der Waals surface area contributed by atoms with E-state index in [0.717, 1.165) is 50.8 Å². The van der Waals surface area contributed by atoms with Gasteiger partial charge in [0.05, 0.1) is 10.0 Å². The van der Waals surface area contributed by atoms with Gasteiger partial charge < -0.3 is 15.1 Å². The second kappa shape index (κ2) is 11.5. The van der Waals surface area contributed by atoms with Crippen molar-refractivity contribution in [3.05, 3.63) is 33.8 Å². The van der Waals surface area contributed by atoms with Crippen LogP contribution in [0.3, 0.4) is 0 Å². The maximum Gasteiger partial charge on any atom is 0.193 e. The van der Waals surface area contributed by atoms with Crippen LogP contribution in [0, 0.1) is 0 Å². The normalized spacial score (nSPS) is 17.5. The van der Waals surface area contributed by atoms with E-state index in [9.17, 15) is 0 Å². The van der Waals surface area contributed by atoms with Crippen molar-refractivity contribution in [3.8, 4) is 0 Å². The van der Waals surface area contributed by atoms with E-state index >= 15 is 0 Å².